The molecule has 2 nitrogen and oxygen atoms in total. The topological polar surface area (TPSA) is 15.3 Å². The van der Waals surface area contributed by atoms with E-state index in [4.69, 9.17) is 0 Å². The van der Waals surface area contributed by atoms with Gasteiger partial charge in [0.05, 0.1) is 5.69 Å². The van der Waals surface area contributed by atoms with Crippen LogP contribution in [0.25, 0.3) is 0 Å². The van der Waals surface area contributed by atoms with E-state index < -0.39 is 0 Å². The van der Waals surface area contributed by atoms with Crippen LogP contribution < -0.4 is 10.2 Å². The minimum Gasteiger partial charge on any atom is -0.372 e. The molecule has 3 heteroatoms. The van der Waals surface area contributed by atoms with Gasteiger partial charge in [0.15, 0.2) is 0 Å². The van der Waals surface area contributed by atoms with Crippen LogP contribution in [0.3, 0.4) is 0 Å². The van der Waals surface area contributed by atoms with Crippen LogP contribution in [0, 0.1) is 17.7 Å². The second-order valence-electron chi connectivity index (χ2n) is 4.73. The summed E-state index contributed by atoms with van der Waals surface area (Å²) in [5, 5.41) is 3.27. The first kappa shape index (κ1) is 11.4. The zero-order chi connectivity index (χ0) is 11.5. The van der Waals surface area contributed by atoms with Gasteiger partial charge in [-0.2, -0.15) is 0 Å². The van der Waals surface area contributed by atoms with E-state index in [-0.39, 0.29) is 5.82 Å². The summed E-state index contributed by atoms with van der Waals surface area (Å²) in [5.41, 5.74) is 0.696. The zero-order valence-electron chi connectivity index (χ0n) is 9.91. The summed E-state index contributed by atoms with van der Waals surface area (Å²) in [4.78, 5) is 2.01. The molecule has 1 fully saturated rings. The van der Waals surface area contributed by atoms with E-state index in [2.05, 4.69) is 12.2 Å². The lowest BCUT2D eigenvalue weighted by Crippen LogP contribution is -2.48. The Kier molecular flexibility index (Phi) is 3.44. The molecule has 1 unspecified atom stereocenters. The molecule has 1 saturated heterocycles. The van der Waals surface area contributed by atoms with Crippen LogP contribution in [0.1, 0.15) is 6.92 Å². The molecule has 0 radical (unpaired) electrons. The number of halogens is 1. The van der Waals surface area contributed by atoms with Gasteiger partial charge < -0.3 is 10.2 Å². The lowest BCUT2D eigenvalue weighted by atomic mass is 9.88. The van der Waals surface area contributed by atoms with Crippen LogP contribution in [-0.4, -0.2) is 26.7 Å². The molecule has 0 amide bonds. The van der Waals surface area contributed by atoms with Crippen molar-refractivity contribution in [2.24, 2.45) is 11.8 Å². The highest BCUT2D eigenvalue weighted by Crippen LogP contribution is 2.22. The third kappa shape index (κ3) is 2.35. The summed E-state index contributed by atoms with van der Waals surface area (Å²) in [6, 6.07) is 6.96. The van der Waals surface area contributed by atoms with E-state index in [1.165, 1.54) is 6.07 Å². The lowest BCUT2D eigenvalue weighted by Gasteiger charge is -2.35. The Morgan fingerprint density at radius 1 is 1.44 bits per heavy atom. The summed E-state index contributed by atoms with van der Waals surface area (Å²) in [6.45, 7) is 5.36. The predicted octanol–water partition coefficient (Wildman–Crippen LogP) is 2.12. The van der Waals surface area contributed by atoms with Crippen LogP contribution in [0.4, 0.5) is 10.1 Å². The van der Waals surface area contributed by atoms with Crippen molar-refractivity contribution in [1.29, 1.82) is 0 Å². The van der Waals surface area contributed by atoms with Crippen molar-refractivity contribution in [2.75, 3.05) is 31.6 Å². The van der Waals surface area contributed by atoms with Crippen molar-refractivity contribution >= 4 is 5.69 Å². The zero-order valence-corrected chi connectivity index (χ0v) is 9.91. The van der Waals surface area contributed by atoms with E-state index >= 15 is 0 Å². The Hall–Kier alpha value is -1.09. The average molecular weight is 222 g/mol. The number of nitrogens with zero attached hydrogens (tertiary/aromatic N) is 1. The predicted molar refractivity (Wildman–Crippen MR) is 65.2 cm³/mol. The minimum absolute atomic E-state index is 0.135. The Morgan fingerprint density at radius 2 is 2.12 bits per heavy atom. The summed E-state index contributed by atoms with van der Waals surface area (Å²) in [5.74, 6) is 1.21. The number of para-hydroxylation sites is 1. The van der Waals surface area contributed by atoms with Gasteiger partial charge in [-0.3, -0.25) is 0 Å². The van der Waals surface area contributed by atoms with Crippen molar-refractivity contribution < 1.29 is 4.39 Å². The quantitative estimate of drug-likeness (QED) is 0.839. The summed E-state index contributed by atoms with van der Waals surface area (Å²) in [6.07, 6.45) is 0. The largest absolute Gasteiger partial charge is 0.372 e. The van der Waals surface area contributed by atoms with E-state index in [0.29, 0.717) is 11.6 Å². The van der Waals surface area contributed by atoms with Gasteiger partial charge in [-0.1, -0.05) is 19.1 Å². The third-order valence-electron chi connectivity index (χ3n) is 3.44. The first-order chi connectivity index (χ1) is 7.68. The number of hydrogen-bond donors (Lipinski definition) is 1. The highest BCUT2D eigenvalue weighted by Gasteiger charge is 2.24. The molecule has 1 aromatic rings. The molecule has 2 rings (SSSR count). The van der Waals surface area contributed by atoms with Gasteiger partial charge in [-0.05, 0) is 37.1 Å². The highest BCUT2D eigenvalue weighted by molar-refractivity contribution is 5.46. The average Bonchev–Trinajstić information content (AvgIpc) is 2.15. The number of rotatable bonds is 4. The molecule has 0 bridgehead atoms. The Balaban J connectivity index is 1.96. The SMILES string of the molecule is CC(CN(C)c1ccccc1F)C1CNC1. The molecule has 0 saturated carbocycles. The van der Waals surface area contributed by atoms with Crippen molar-refractivity contribution in [3.05, 3.63) is 30.1 Å². The minimum atomic E-state index is -0.135. The smallest absolute Gasteiger partial charge is 0.146 e. The molecule has 1 aliphatic heterocycles. The summed E-state index contributed by atoms with van der Waals surface area (Å²) >= 11 is 0. The monoisotopic (exact) mass is 222 g/mol. The fraction of sp³-hybridized carbons (Fsp3) is 0.538. The second kappa shape index (κ2) is 4.83. The van der Waals surface area contributed by atoms with Crippen LogP contribution >= 0.6 is 0 Å². The molecule has 16 heavy (non-hydrogen) atoms. The maximum atomic E-state index is 13.5. The third-order valence-corrected chi connectivity index (χ3v) is 3.44. The van der Waals surface area contributed by atoms with Crippen molar-refractivity contribution in [3.8, 4) is 0 Å². The summed E-state index contributed by atoms with van der Waals surface area (Å²) < 4.78 is 13.5. The standard InChI is InChI=1S/C13H19FN2/c1-10(11-7-15-8-11)9-16(2)13-6-4-3-5-12(13)14/h3-6,10-11,15H,7-9H2,1-2H3. The molecule has 0 spiro atoms. The molecule has 1 aliphatic rings. The molecule has 1 aromatic carbocycles. The van der Waals surface area contributed by atoms with Crippen molar-refractivity contribution in [2.45, 2.75) is 6.92 Å². The number of nitrogens with one attached hydrogen (secondary N) is 1. The molecular formula is C13H19FN2. The molecule has 1 N–H and O–H groups in total. The van der Waals surface area contributed by atoms with E-state index in [1.807, 2.05) is 24.1 Å². The molecule has 88 valence electrons. The normalized spacial score (nSPS) is 17.9. The molecule has 1 atom stereocenters. The van der Waals surface area contributed by atoms with E-state index in [9.17, 15) is 4.39 Å². The van der Waals surface area contributed by atoms with Gasteiger partial charge in [0, 0.05) is 13.6 Å². The Morgan fingerprint density at radius 3 is 2.69 bits per heavy atom. The second-order valence-corrected chi connectivity index (χ2v) is 4.73. The molecule has 1 heterocycles. The van der Waals surface area contributed by atoms with Crippen LogP contribution in [0.15, 0.2) is 24.3 Å². The van der Waals surface area contributed by atoms with Crippen LogP contribution in [-0.2, 0) is 0 Å². The van der Waals surface area contributed by atoms with Gasteiger partial charge in [0.1, 0.15) is 5.82 Å². The Bertz CT molecular complexity index is 350. The van der Waals surface area contributed by atoms with Gasteiger partial charge in [-0.15, -0.1) is 0 Å². The molecule has 0 aliphatic carbocycles. The Labute approximate surface area is 96.5 Å². The maximum absolute atomic E-state index is 13.5. The van der Waals surface area contributed by atoms with Crippen molar-refractivity contribution in [3.63, 3.8) is 0 Å². The fourth-order valence-electron chi connectivity index (χ4n) is 2.15. The van der Waals surface area contributed by atoms with Gasteiger partial charge in [0.2, 0.25) is 0 Å². The van der Waals surface area contributed by atoms with Crippen LogP contribution in [0.2, 0.25) is 0 Å². The summed E-state index contributed by atoms with van der Waals surface area (Å²) in [7, 11) is 1.96. The number of benzene rings is 1. The van der Waals surface area contributed by atoms with Gasteiger partial charge in [0.25, 0.3) is 0 Å². The molecule has 0 aromatic heterocycles. The van der Waals surface area contributed by atoms with Gasteiger partial charge in [-0.25, -0.2) is 4.39 Å². The van der Waals surface area contributed by atoms with E-state index in [1.54, 1.807) is 6.07 Å². The lowest BCUT2D eigenvalue weighted by molar-refractivity contribution is 0.252. The first-order valence-electron chi connectivity index (χ1n) is 5.85. The van der Waals surface area contributed by atoms with Crippen molar-refractivity contribution in [1.82, 2.24) is 5.32 Å². The number of anilines is 1. The van der Waals surface area contributed by atoms with Gasteiger partial charge >= 0.3 is 0 Å². The number of hydrogen-bond acceptors (Lipinski definition) is 2. The highest BCUT2D eigenvalue weighted by atomic mass is 19.1. The first-order valence-corrected chi connectivity index (χ1v) is 5.85. The van der Waals surface area contributed by atoms with Crippen LogP contribution in [0.5, 0.6) is 0 Å². The molecular weight excluding hydrogens is 203 g/mol. The van der Waals surface area contributed by atoms with E-state index in [0.717, 1.165) is 25.6 Å². The fourth-order valence-corrected chi connectivity index (χ4v) is 2.15. The maximum Gasteiger partial charge on any atom is 0.146 e.